The standard InChI is InChI=1S/C25H31BrClN3O4S/c1-3-23(25(32)28-21-8-4-5-9-21)29(16-18-11-13-20(27)14-12-18)24(31)17-30(35(2,33)34)22-10-6-7-19(26)15-22/h6-7,10-15,21,23H,3-5,8-9,16-17H2,1-2H3,(H,28,32). The van der Waals surface area contributed by atoms with Crippen molar-refractivity contribution in [2.75, 3.05) is 17.1 Å². The highest BCUT2D eigenvalue weighted by Gasteiger charge is 2.33. The van der Waals surface area contributed by atoms with Crippen molar-refractivity contribution in [1.29, 1.82) is 0 Å². The molecule has 3 rings (SSSR count). The summed E-state index contributed by atoms with van der Waals surface area (Å²) in [7, 11) is -3.77. The Morgan fingerprint density at radius 3 is 2.37 bits per heavy atom. The van der Waals surface area contributed by atoms with Gasteiger partial charge in [-0.3, -0.25) is 13.9 Å². The lowest BCUT2D eigenvalue weighted by Gasteiger charge is -2.33. The maximum atomic E-state index is 13.7. The molecule has 1 N–H and O–H groups in total. The third-order valence-corrected chi connectivity index (χ3v) is 8.01. The molecule has 190 valence electrons. The molecule has 1 saturated carbocycles. The fourth-order valence-electron chi connectivity index (χ4n) is 4.32. The van der Waals surface area contributed by atoms with E-state index in [1.807, 2.05) is 6.92 Å². The molecule has 2 aromatic carbocycles. The van der Waals surface area contributed by atoms with E-state index in [0.717, 1.165) is 41.8 Å². The van der Waals surface area contributed by atoms with Gasteiger partial charge in [0, 0.05) is 22.1 Å². The lowest BCUT2D eigenvalue weighted by Crippen LogP contribution is -2.53. The number of anilines is 1. The monoisotopic (exact) mass is 583 g/mol. The summed E-state index contributed by atoms with van der Waals surface area (Å²) in [5, 5.41) is 3.66. The third-order valence-electron chi connectivity index (χ3n) is 6.13. The van der Waals surface area contributed by atoms with Crippen LogP contribution in [-0.2, 0) is 26.2 Å². The number of carbonyl (C=O) groups excluding carboxylic acids is 2. The Morgan fingerprint density at radius 2 is 1.80 bits per heavy atom. The van der Waals surface area contributed by atoms with Crippen molar-refractivity contribution in [1.82, 2.24) is 10.2 Å². The van der Waals surface area contributed by atoms with Gasteiger partial charge in [0.15, 0.2) is 0 Å². The largest absolute Gasteiger partial charge is 0.352 e. The summed E-state index contributed by atoms with van der Waals surface area (Å²) in [6.45, 7) is 1.59. The zero-order valence-corrected chi connectivity index (χ0v) is 23.1. The van der Waals surface area contributed by atoms with Crippen LogP contribution in [0.25, 0.3) is 0 Å². The summed E-state index contributed by atoms with van der Waals surface area (Å²) in [4.78, 5) is 28.4. The van der Waals surface area contributed by atoms with E-state index in [0.29, 0.717) is 21.6 Å². The molecule has 0 spiro atoms. The fourth-order valence-corrected chi connectivity index (χ4v) is 5.67. The molecule has 0 bridgehead atoms. The summed E-state index contributed by atoms with van der Waals surface area (Å²) in [5.74, 6) is -0.672. The Hall–Kier alpha value is -2.10. The molecule has 10 heteroatoms. The first-order chi connectivity index (χ1) is 16.6. The van der Waals surface area contributed by atoms with Gasteiger partial charge in [-0.15, -0.1) is 0 Å². The number of halogens is 2. The number of hydrogen-bond donors (Lipinski definition) is 1. The van der Waals surface area contributed by atoms with E-state index < -0.39 is 28.5 Å². The van der Waals surface area contributed by atoms with Gasteiger partial charge >= 0.3 is 0 Å². The normalized spacial score (nSPS) is 15.0. The number of sulfonamides is 1. The van der Waals surface area contributed by atoms with E-state index in [2.05, 4.69) is 21.2 Å². The number of nitrogens with one attached hydrogen (secondary N) is 1. The first-order valence-corrected chi connectivity index (χ1v) is 14.7. The quantitative estimate of drug-likeness (QED) is 0.437. The van der Waals surface area contributed by atoms with Crippen molar-refractivity contribution < 1.29 is 18.0 Å². The molecule has 0 aliphatic heterocycles. The molecular formula is C25H31BrClN3O4S. The molecule has 1 aliphatic carbocycles. The molecule has 2 amide bonds. The number of carbonyl (C=O) groups is 2. The van der Waals surface area contributed by atoms with Crippen LogP contribution >= 0.6 is 27.5 Å². The molecule has 7 nitrogen and oxygen atoms in total. The van der Waals surface area contributed by atoms with Crippen LogP contribution in [0.2, 0.25) is 5.02 Å². The topological polar surface area (TPSA) is 86.8 Å². The van der Waals surface area contributed by atoms with E-state index in [-0.39, 0.29) is 18.5 Å². The van der Waals surface area contributed by atoms with Crippen molar-refractivity contribution in [2.24, 2.45) is 0 Å². The van der Waals surface area contributed by atoms with Crippen molar-refractivity contribution in [2.45, 2.75) is 57.7 Å². The Bertz CT molecular complexity index is 1140. The van der Waals surface area contributed by atoms with Gasteiger partial charge in [-0.1, -0.05) is 65.5 Å². The molecule has 0 saturated heterocycles. The second-order valence-corrected chi connectivity index (χ2v) is 12.1. The summed E-state index contributed by atoms with van der Waals surface area (Å²) in [5.41, 5.74) is 1.16. The first-order valence-electron chi connectivity index (χ1n) is 11.7. The summed E-state index contributed by atoms with van der Waals surface area (Å²) >= 11 is 9.38. The molecule has 1 atom stereocenters. The zero-order valence-electron chi connectivity index (χ0n) is 19.9. The van der Waals surface area contributed by atoms with Crippen molar-refractivity contribution >= 4 is 55.1 Å². The van der Waals surface area contributed by atoms with E-state index in [1.54, 1.807) is 48.5 Å². The smallest absolute Gasteiger partial charge is 0.244 e. The van der Waals surface area contributed by atoms with E-state index >= 15 is 0 Å². The van der Waals surface area contributed by atoms with E-state index in [1.165, 1.54) is 4.90 Å². The Morgan fingerprint density at radius 1 is 1.14 bits per heavy atom. The number of nitrogens with zero attached hydrogens (tertiary/aromatic N) is 2. The van der Waals surface area contributed by atoms with Gasteiger partial charge in [-0.2, -0.15) is 0 Å². The highest BCUT2D eigenvalue weighted by atomic mass is 79.9. The van der Waals surface area contributed by atoms with Crippen molar-refractivity contribution in [3.05, 3.63) is 63.6 Å². The first kappa shape index (κ1) is 27.5. The van der Waals surface area contributed by atoms with Crippen LogP contribution in [0.5, 0.6) is 0 Å². The molecule has 0 heterocycles. The summed E-state index contributed by atoms with van der Waals surface area (Å²) in [6, 6.07) is 13.2. The maximum Gasteiger partial charge on any atom is 0.244 e. The fraction of sp³-hybridized carbons (Fsp3) is 0.440. The minimum absolute atomic E-state index is 0.109. The average Bonchev–Trinajstić information content (AvgIpc) is 3.30. The van der Waals surface area contributed by atoms with Gasteiger partial charge in [0.2, 0.25) is 21.8 Å². The third kappa shape index (κ3) is 7.69. The Balaban J connectivity index is 1.91. The van der Waals surface area contributed by atoms with Gasteiger partial charge < -0.3 is 10.2 Å². The lowest BCUT2D eigenvalue weighted by atomic mass is 10.1. The summed E-state index contributed by atoms with van der Waals surface area (Å²) < 4.78 is 27.1. The molecule has 35 heavy (non-hydrogen) atoms. The van der Waals surface area contributed by atoms with Gasteiger partial charge in [-0.05, 0) is 55.2 Å². The maximum absolute atomic E-state index is 13.7. The minimum atomic E-state index is -3.77. The SMILES string of the molecule is CCC(C(=O)NC1CCCC1)N(Cc1ccc(Cl)cc1)C(=O)CN(c1cccc(Br)c1)S(C)(=O)=O. The van der Waals surface area contributed by atoms with Crippen LogP contribution in [0.4, 0.5) is 5.69 Å². The Labute approximate surface area is 221 Å². The van der Waals surface area contributed by atoms with Crippen LogP contribution in [0, 0.1) is 0 Å². The molecule has 2 aromatic rings. The molecule has 1 unspecified atom stereocenters. The number of benzene rings is 2. The van der Waals surface area contributed by atoms with Gasteiger partial charge in [-0.25, -0.2) is 8.42 Å². The lowest BCUT2D eigenvalue weighted by molar-refractivity contribution is -0.140. The average molecular weight is 585 g/mol. The van der Waals surface area contributed by atoms with Crippen LogP contribution in [0.3, 0.4) is 0 Å². The van der Waals surface area contributed by atoms with Crippen molar-refractivity contribution in [3.8, 4) is 0 Å². The second kappa shape index (κ2) is 12.2. The predicted molar refractivity (Wildman–Crippen MR) is 143 cm³/mol. The molecule has 0 aromatic heterocycles. The van der Waals surface area contributed by atoms with Gasteiger partial charge in [0.25, 0.3) is 0 Å². The number of amides is 2. The molecule has 1 fully saturated rings. The highest BCUT2D eigenvalue weighted by Crippen LogP contribution is 2.24. The Kier molecular flexibility index (Phi) is 9.61. The van der Waals surface area contributed by atoms with Crippen LogP contribution in [-0.4, -0.2) is 50.0 Å². The molecule has 0 radical (unpaired) electrons. The minimum Gasteiger partial charge on any atom is -0.352 e. The predicted octanol–water partition coefficient (Wildman–Crippen LogP) is 4.73. The van der Waals surface area contributed by atoms with E-state index in [4.69, 9.17) is 11.6 Å². The van der Waals surface area contributed by atoms with Gasteiger partial charge in [0.05, 0.1) is 11.9 Å². The van der Waals surface area contributed by atoms with Crippen molar-refractivity contribution in [3.63, 3.8) is 0 Å². The second-order valence-electron chi connectivity index (χ2n) is 8.81. The number of hydrogen-bond acceptors (Lipinski definition) is 4. The summed E-state index contributed by atoms with van der Waals surface area (Å²) in [6.07, 6.45) is 5.47. The molecule has 1 aliphatic rings. The zero-order chi connectivity index (χ0) is 25.6. The van der Waals surface area contributed by atoms with Crippen LogP contribution in [0.15, 0.2) is 53.0 Å². The molecular weight excluding hydrogens is 554 g/mol. The highest BCUT2D eigenvalue weighted by molar-refractivity contribution is 9.10. The van der Waals surface area contributed by atoms with E-state index in [9.17, 15) is 18.0 Å². The van der Waals surface area contributed by atoms with Crippen LogP contribution in [0.1, 0.15) is 44.6 Å². The van der Waals surface area contributed by atoms with Crippen LogP contribution < -0.4 is 9.62 Å². The number of rotatable bonds is 10. The van der Waals surface area contributed by atoms with Gasteiger partial charge in [0.1, 0.15) is 12.6 Å².